The molecule has 0 aliphatic heterocycles. The Kier molecular flexibility index (Phi) is 5.64. The number of halogens is 2. The van der Waals surface area contributed by atoms with Gasteiger partial charge in [0.2, 0.25) is 0 Å². The molecular formula is C19H17BrClN3O2. The van der Waals surface area contributed by atoms with Crippen LogP contribution in [0.2, 0.25) is 5.02 Å². The van der Waals surface area contributed by atoms with Gasteiger partial charge in [0.15, 0.2) is 0 Å². The predicted octanol–water partition coefficient (Wildman–Crippen LogP) is 4.63. The molecule has 0 aliphatic carbocycles. The number of benzene rings is 2. The van der Waals surface area contributed by atoms with Gasteiger partial charge in [-0.1, -0.05) is 39.7 Å². The molecule has 0 atom stereocenters. The summed E-state index contributed by atoms with van der Waals surface area (Å²) in [6, 6.07) is 14.9. The lowest BCUT2D eigenvalue weighted by atomic mass is 10.1. The van der Waals surface area contributed by atoms with E-state index >= 15 is 0 Å². The number of aromatic nitrogens is 2. The molecular weight excluding hydrogens is 418 g/mol. The molecule has 2 aromatic carbocycles. The maximum atomic E-state index is 11.8. The van der Waals surface area contributed by atoms with E-state index in [1.807, 2.05) is 50.5 Å². The highest BCUT2D eigenvalue weighted by molar-refractivity contribution is 9.10. The van der Waals surface area contributed by atoms with Crippen molar-refractivity contribution in [1.29, 1.82) is 0 Å². The average molecular weight is 435 g/mol. The van der Waals surface area contributed by atoms with Crippen LogP contribution in [0.3, 0.4) is 0 Å². The molecule has 0 unspecified atom stereocenters. The fourth-order valence-corrected chi connectivity index (χ4v) is 3.00. The Labute approximate surface area is 164 Å². The van der Waals surface area contributed by atoms with Crippen LogP contribution in [0.1, 0.15) is 11.3 Å². The van der Waals surface area contributed by atoms with Crippen LogP contribution >= 0.6 is 27.5 Å². The van der Waals surface area contributed by atoms with Gasteiger partial charge in [-0.15, -0.1) is 0 Å². The van der Waals surface area contributed by atoms with Gasteiger partial charge in [0, 0.05) is 25.0 Å². The van der Waals surface area contributed by atoms with Crippen molar-refractivity contribution in [1.82, 2.24) is 10.2 Å². The lowest BCUT2D eigenvalue weighted by Gasteiger charge is -2.12. The van der Waals surface area contributed by atoms with Gasteiger partial charge < -0.3 is 9.64 Å². The van der Waals surface area contributed by atoms with Gasteiger partial charge in [0.25, 0.3) is 5.56 Å². The minimum atomic E-state index is -0.214. The van der Waals surface area contributed by atoms with E-state index in [1.54, 1.807) is 17.0 Å². The SMILES string of the molecule is CN(C)c1cc(Cc2ccc(Cl)c(Oc3cccc(Br)c3)c2)n[nH]c1=O. The van der Waals surface area contributed by atoms with E-state index in [9.17, 15) is 4.79 Å². The zero-order chi connectivity index (χ0) is 18.7. The van der Waals surface area contributed by atoms with E-state index in [2.05, 4.69) is 26.1 Å². The lowest BCUT2D eigenvalue weighted by Crippen LogP contribution is -2.22. The number of hydrogen-bond donors (Lipinski definition) is 1. The summed E-state index contributed by atoms with van der Waals surface area (Å²) in [5.41, 5.74) is 2.08. The molecule has 1 aromatic heterocycles. The van der Waals surface area contributed by atoms with Crippen molar-refractivity contribution in [2.45, 2.75) is 6.42 Å². The highest BCUT2D eigenvalue weighted by atomic mass is 79.9. The smallest absolute Gasteiger partial charge is 0.287 e. The first kappa shape index (κ1) is 18.5. The molecule has 134 valence electrons. The van der Waals surface area contributed by atoms with Crippen LogP contribution in [0.15, 0.2) is 57.8 Å². The standard InChI is InChI=1S/C19H17BrClN3O2/c1-24(2)17-11-14(22-23-19(17)25)8-12-6-7-16(21)18(9-12)26-15-5-3-4-13(20)10-15/h3-7,9-11H,8H2,1-2H3,(H,23,25). The average Bonchev–Trinajstić information content (AvgIpc) is 2.59. The van der Waals surface area contributed by atoms with Crippen LogP contribution in [0.4, 0.5) is 5.69 Å². The normalized spacial score (nSPS) is 10.6. The molecule has 5 nitrogen and oxygen atoms in total. The van der Waals surface area contributed by atoms with Crippen molar-refractivity contribution >= 4 is 33.2 Å². The second kappa shape index (κ2) is 7.93. The van der Waals surface area contributed by atoms with Crippen molar-refractivity contribution in [3.8, 4) is 11.5 Å². The summed E-state index contributed by atoms with van der Waals surface area (Å²) in [4.78, 5) is 13.6. The summed E-state index contributed by atoms with van der Waals surface area (Å²) >= 11 is 9.69. The number of H-pyrrole nitrogens is 1. The molecule has 0 bridgehead atoms. The zero-order valence-corrected chi connectivity index (χ0v) is 16.6. The Balaban J connectivity index is 1.86. The number of aromatic amines is 1. The third kappa shape index (κ3) is 4.45. The molecule has 0 fully saturated rings. The molecule has 3 aromatic rings. The molecule has 0 saturated heterocycles. The summed E-state index contributed by atoms with van der Waals surface area (Å²) in [5.74, 6) is 1.26. The van der Waals surface area contributed by atoms with Crippen molar-refractivity contribution in [2.24, 2.45) is 0 Å². The number of nitrogens with one attached hydrogen (secondary N) is 1. The zero-order valence-electron chi connectivity index (χ0n) is 14.3. The third-order valence-electron chi connectivity index (χ3n) is 3.72. The van der Waals surface area contributed by atoms with Gasteiger partial charge in [-0.25, -0.2) is 5.10 Å². The second-order valence-electron chi connectivity index (χ2n) is 5.97. The molecule has 0 amide bonds. The molecule has 1 N–H and O–H groups in total. The topological polar surface area (TPSA) is 58.2 Å². The third-order valence-corrected chi connectivity index (χ3v) is 4.53. The number of nitrogens with zero attached hydrogens (tertiary/aromatic N) is 2. The summed E-state index contributed by atoms with van der Waals surface area (Å²) < 4.78 is 6.83. The molecule has 0 aliphatic rings. The summed E-state index contributed by atoms with van der Waals surface area (Å²) in [6.07, 6.45) is 0.545. The number of anilines is 1. The molecule has 3 rings (SSSR count). The van der Waals surface area contributed by atoms with Crippen LogP contribution in [-0.2, 0) is 6.42 Å². The maximum absolute atomic E-state index is 11.8. The number of hydrogen-bond acceptors (Lipinski definition) is 4. The predicted molar refractivity (Wildman–Crippen MR) is 108 cm³/mol. The molecule has 0 saturated carbocycles. The molecule has 26 heavy (non-hydrogen) atoms. The highest BCUT2D eigenvalue weighted by Gasteiger charge is 2.09. The van der Waals surface area contributed by atoms with Crippen molar-refractivity contribution in [2.75, 3.05) is 19.0 Å². The van der Waals surface area contributed by atoms with Crippen LogP contribution < -0.4 is 15.2 Å². The highest BCUT2D eigenvalue weighted by Crippen LogP contribution is 2.32. The monoisotopic (exact) mass is 433 g/mol. The van der Waals surface area contributed by atoms with Crippen molar-refractivity contribution in [3.63, 3.8) is 0 Å². The number of ether oxygens (including phenoxy) is 1. The fourth-order valence-electron chi connectivity index (χ4n) is 2.46. The van der Waals surface area contributed by atoms with Gasteiger partial charge in [-0.2, -0.15) is 5.10 Å². The van der Waals surface area contributed by atoms with E-state index < -0.39 is 0 Å². The minimum absolute atomic E-state index is 0.214. The largest absolute Gasteiger partial charge is 0.456 e. The summed E-state index contributed by atoms with van der Waals surface area (Å²) in [5, 5.41) is 7.18. The Morgan fingerprint density at radius 3 is 2.73 bits per heavy atom. The van der Waals surface area contributed by atoms with Crippen LogP contribution in [0.25, 0.3) is 0 Å². The first-order valence-corrected chi connectivity index (χ1v) is 9.07. The quantitative estimate of drug-likeness (QED) is 0.636. The van der Waals surface area contributed by atoms with Crippen molar-refractivity contribution in [3.05, 3.63) is 79.6 Å². The van der Waals surface area contributed by atoms with Crippen molar-refractivity contribution < 1.29 is 4.74 Å². The first-order chi connectivity index (χ1) is 12.4. The Bertz CT molecular complexity index is 989. The van der Waals surface area contributed by atoms with Gasteiger partial charge in [0.05, 0.1) is 10.7 Å². The Morgan fingerprint density at radius 1 is 1.19 bits per heavy atom. The molecule has 0 radical (unpaired) electrons. The fraction of sp³-hybridized carbons (Fsp3) is 0.158. The van der Waals surface area contributed by atoms with E-state index in [1.165, 1.54) is 0 Å². The molecule has 7 heteroatoms. The van der Waals surface area contributed by atoms with Gasteiger partial charge in [-0.3, -0.25) is 4.79 Å². The van der Waals surface area contributed by atoms with Crippen LogP contribution in [-0.4, -0.2) is 24.3 Å². The van der Waals surface area contributed by atoms with Gasteiger partial charge >= 0.3 is 0 Å². The van der Waals surface area contributed by atoms with E-state index in [0.717, 1.165) is 15.7 Å². The van der Waals surface area contributed by atoms with Gasteiger partial charge in [0.1, 0.15) is 17.2 Å². The Morgan fingerprint density at radius 2 is 2.00 bits per heavy atom. The number of rotatable bonds is 5. The summed E-state index contributed by atoms with van der Waals surface area (Å²) in [6.45, 7) is 0. The Hall–Kier alpha value is -2.31. The minimum Gasteiger partial charge on any atom is -0.456 e. The molecule has 0 spiro atoms. The van der Waals surface area contributed by atoms with Gasteiger partial charge in [-0.05, 0) is 42.0 Å². The van der Waals surface area contributed by atoms with Crippen LogP contribution in [0.5, 0.6) is 11.5 Å². The van der Waals surface area contributed by atoms with E-state index in [0.29, 0.717) is 28.6 Å². The summed E-state index contributed by atoms with van der Waals surface area (Å²) in [7, 11) is 3.64. The maximum Gasteiger partial charge on any atom is 0.287 e. The van der Waals surface area contributed by atoms with E-state index in [-0.39, 0.29) is 5.56 Å². The first-order valence-electron chi connectivity index (χ1n) is 7.90. The second-order valence-corrected chi connectivity index (χ2v) is 7.29. The van der Waals surface area contributed by atoms with E-state index in [4.69, 9.17) is 16.3 Å². The lowest BCUT2D eigenvalue weighted by molar-refractivity contribution is 0.482. The molecule has 1 heterocycles. The van der Waals surface area contributed by atoms with Crippen LogP contribution in [0, 0.1) is 0 Å².